The van der Waals surface area contributed by atoms with Crippen LogP contribution in [-0.4, -0.2) is 76.9 Å². The van der Waals surface area contributed by atoms with Crippen molar-refractivity contribution in [3.8, 4) is 0 Å². The molecule has 0 spiro atoms. The maximum Gasteiger partial charge on any atom is 0.191 e. The van der Waals surface area contributed by atoms with Crippen molar-refractivity contribution in [2.24, 2.45) is 4.99 Å². The summed E-state index contributed by atoms with van der Waals surface area (Å²) in [4.78, 5) is 9.33. The molecule has 2 N–H and O–H groups in total. The molecule has 0 unspecified atom stereocenters. The normalized spacial score (nSPS) is 15.8. The van der Waals surface area contributed by atoms with Crippen LogP contribution in [0.3, 0.4) is 0 Å². The van der Waals surface area contributed by atoms with E-state index in [4.69, 9.17) is 4.74 Å². The molecule has 1 saturated heterocycles. The summed E-state index contributed by atoms with van der Waals surface area (Å²) >= 11 is 0. The number of unbranched alkanes of at least 4 members (excludes halogenated alkanes) is 1. The highest BCUT2D eigenvalue weighted by atomic mass is 16.5. The molecule has 0 atom stereocenters. The minimum absolute atomic E-state index is 0.714. The molecule has 1 heterocycles. The lowest BCUT2D eigenvalue weighted by Crippen LogP contribution is -2.46. The second kappa shape index (κ2) is 12.6. The molecule has 152 valence electrons. The Kier molecular flexibility index (Phi) is 10.0. The Hall–Kier alpha value is -1.79. The number of benzene rings is 1. The first-order chi connectivity index (χ1) is 13.2. The smallest absolute Gasteiger partial charge is 0.191 e. The zero-order valence-corrected chi connectivity index (χ0v) is 17.3. The first-order valence-electron chi connectivity index (χ1n) is 10.3. The second-order valence-corrected chi connectivity index (χ2v) is 7.00. The Morgan fingerprint density at radius 3 is 2.59 bits per heavy atom. The first kappa shape index (κ1) is 21.5. The third-order valence-electron chi connectivity index (χ3n) is 4.90. The molecule has 6 nitrogen and oxygen atoms in total. The summed E-state index contributed by atoms with van der Waals surface area (Å²) in [7, 11) is 1.81. The zero-order valence-electron chi connectivity index (χ0n) is 17.3. The fraction of sp³-hybridized carbons (Fsp3) is 0.667. The van der Waals surface area contributed by atoms with E-state index in [2.05, 4.69) is 56.6 Å². The quantitative estimate of drug-likeness (QED) is 0.373. The van der Waals surface area contributed by atoms with Gasteiger partial charge in [-0.3, -0.25) is 9.89 Å². The molecule has 1 fully saturated rings. The van der Waals surface area contributed by atoms with Gasteiger partial charge in [0.25, 0.3) is 0 Å². The average Bonchev–Trinajstić information content (AvgIpc) is 2.70. The van der Waals surface area contributed by atoms with E-state index in [1.54, 1.807) is 0 Å². The van der Waals surface area contributed by atoms with Crippen molar-refractivity contribution in [1.82, 2.24) is 15.5 Å². The predicted octanol–water partition coefficient (Wildman–Crippen LogP) is 2.10. The SMILES string of the molecule is CCOCCNC(=NC)NCCCCN1CCN(c2cccc(C)c2)CC1. The third-order valence-corrected chi connectivity index (χ3v) is 4.90. The first-order valence-corrected chi connectivity index (χ1v) is 10.3. The van der Waals surface area contributed by atoms with E-state index < -0.39 is 0 Å². The monoisotopic (exact) mass is 375 g/mol. The lowest BCUT2D eigenvalue weighted by atomic mass is 10.2. The van der Waals surface area contributed by atoms with Gasteiger partial charge in [0, 0.05) is 58.6 Å². The molecule has 0 saturated carbocycles. The van der Waals surface area contributed by atoms with Gasteiger partial charge in [-0.1, -0.05) is 12.1 Å². The van der Waals surface area contributed by atoms with E-state index in [1.165, 1.54) is 24.2 Å². The maximum atomic E-state index is 5.33. The number of hydrogen-bond acceptors (Lipinski definition) is 4. The Morgan fingerprint density at radius 1 is 1.11 bits per heavy atom. The number of aryl methyl sites for hydroxylation is 1. The molecular formula is C21H37N5O. The summed E-state index contributed by atoms with van der Waals surface area (Å²) < 4.78 is 5.33. The number of aliphatic imine (C=N–C) groups is 1. The number of guanidine groups is 1. The summed E-state index contributed by atoms with van der Waals surface area (Å²) in [6.07, 6.45) is 2.37. The topological polar surface area (TPSA) is 52.1 Å². The van der Waals surface area contributed by atoms with E-state index in [0.29, 0.717) is 6.61 Å². The van der Waals surface area contributed by atoms with Crippen molar-refractivity contribution < 1.29 is 4.74 Å². The van der Waals surface area contributed by atoms with E-state index in [1.807, 2.05) is 14.0 Å². The Labute approximate surface area is 165 Å². The largest absolute Gasteiger partial charge is 0.380 e. The van der Waals surface area contributed by atoms with Gasteiger partial charge in [-0.15, -0.1) is 0 Å². The highest BCUT2D eigenvalue weighted by Gasteiger charge is 2.16. The average molecular weight is 376 g/mol. The van der Waals surface area contributed by atoms with Crippen LogP contribution < -0.4 is 15.5 Å². The van der Waals surface area contributed by atoms with Gasteiger partial charge in [-0.25, -0.2) is 0 Å². The van der Waals surface area contributed by atoms with Crippen molar-refractivity contribution in [1.29, 1.82) is 0 Å². The molecule has 1 aliphatic rings. The Bertz CT molecular complexity index is 555. The van der Waals surface area contributed by atoms with Gasteiger partial charge in [-0.05, 0) is 50.9 Å². The zero-order chi connectivity index (χ0) is 19.3. The standard InChI is InChI=1S/C21H37N5O/c1-4-27-17-11-24-21(22-3)23-10-5-6-12-25-13-15-26(16-14-25)20-9-7-8-19(2)18-20/h7-9,18H,4-6,10-17H2,1-3H3,(H2,22,23,24). The second-order valence-electron chi connectivity index (χ2n) is 7.00. The fourth-order valence-electron chi connectivity index (χ4n) is 3.33. The minimum atomic E-state index is 0.714. The molecule has 27 heavy (non-hydrogen) atoms. The molecule has 2 rings (SSSR count). The molecule has 0 radical (unpaired) electrons. The molecule has 0 amide bonds. The fourth-order valence-corrected chi connectivity index (χ4v) is 3.33. The van der Waals surface area contributed by atoms with Crippen LogP contribution in [-0.2, 0) is 4.74 Å². The van der Waals surface area contributed by atoms with Gasteiger partial charge in [0.1, 0.15) is 0 Å². The summed E-state index contributed by atoms with van der Waals surface area (Å²) in [5.41, 5.74) is 2.70. The van der Waals surface area contributed by atoms with E-state index in [9.17, 15) is 0 Å². The summed E-state index contributed by atoms with van der Waals surface area (Å²) in [5, 5.41) is 6.64. The third kappa shape index (κ3) is 8.18. The van der Waals surface area contributed by atoms with Gasteiger partial charge >= 0.3 is 0 Å². The molecule has 0 bridgehead atoms. The van der Waals surface area contributed by atoms with Gasteiger partial charge in [-0.2, -0.15) is 0 Å². The molecule has 0 aromatic heterocycles. The van der Waals surface area contributed by atoms with Crippen LogP contribution in [0.2, 0.25) is 0 Å². The Balaban J connectivity index is 1.54. The van der Waals surface area contributed by atoms with Crippen LogP contribution in [0.1, 0.15) is 25.3 Å². The lowest BCUT2D eigenvalue weighted by molar-refractivity contribution is 0.152. The molecule has 0 aliphatic carbocycles. The van der Waals surface area contributed by atoms with Gasteiger partial charge in [0.05, 0.1) is 6.61 Å². The predicted molar refractivity (Wildman–Crippen MR) is 115 cm³/mol. The number of piperazine rings is 1. The van der Waals surface area contributed by atoms with Crippen molar-refractivity contribution in [2.45, 2.75) is 26.7 Å². The molecule has 1 aromatic carbocycles. The number of ether oxygens (including phenoxy) is 1. The van der Waals surface area contributed by atoms with Crippen LogP contribution >= 0.6 is 0 Å². The lowest BCUT2D eigenvalue weighted by Gasteiger charge is -2.36. The maximum absolute atomic E-state index is 5.33. The van der Waals surface area contributed by atoms with Gasteiger partial charge in [0.2, 0.25) is 0 Å². The molecule has 6 heteroatoms. The van der Waals surface area contributed by atoms with Crippen molar-refractivity contribution in [2.75, 3.05) is 71.0 Å². The van der Waals surface area contributed by atoms with Crippen LogP contribution in [0.15, 0.2) is 29.3 Å². The number of nitrogens with one attached hydrogen (secondary N) is 2. The highest BCUT2D eigenvalue weighted by molar-refractivity contribution is 5.79. The van der Waals surface area contributed by atoms with Crippen molar-refractivity contribution >= 4 is 11.6 Å². The summed E-state index contributed by atoms with van der Waals surface area (Å²) in [6.45, 7) is 13.1. The van der Waals surface area contributed by atoms with Crippen LogP contribution in [0, 0.1) is 6.92 Å². The van der Waals surface area contributed by atoms with Crippen LogP contribution in [0.4, 0.5) is 5.69 Å². The number of hydrogen-bond donors (Lipinski definition) is 2. The number of anilines is 1. The highest BCUT2D eigenvalue weighted by Crippen LogP contribution is 2.17. The van der Waals surface area contributed by atoms with Crippen molar-refractivity contribution in [3.05, 3.63) is 29.8 Å². The molecule has 1 aliphatic heterocycles. The van der Waals surface area contributed by atoms with Crippen LogP contribution in [0.5, 0.6) is 0 Å². The molecule has 1 aromatic rings. The number of rotatable bonds is 10. The van der Waals surface area contributed by atoms with Crippen LogP contribution in [0.25, 0.3) is 0 Å². The minimum Gasteiger partial charge on any atom is -0.380 e. The number of nitrogens with zero attached hydrogens (tertiary/aromatic N) is 3. The van der Waals surface area contributed by atoms with Crippen molar-refractivity contribution in [3.63, 3.8) is 0 Å². The summed E-state index contributed by atoms with van der Waals surface area (Å²) in [6, 6.07) is 8.83. The van der Waals surface area contributed by atoms with Gasteiger partial charge < -0.3 is 20.3 Å². The van der Waals surface area contributed by atoms with E-state index in [-0.39, 0.29) is 0 Å². The Morgan fingerprint density at radius 2 is 1.89 bits per heavy atom. The summed E-state index contributed by atoms with van der Waals surface area (Å²) in [5.74, 6) is 0.862. The van der Waals surface area contributed by atoms with Gasteiger partial charge in [0.15, 0.2) is 5.96 Å². The van der Waals surface area contributed by atoms with E-state index >= 15 is 0 Å². The van der Waals surface area contributed by atoms with E-state index in [0.717, 1.165) is 58.3 Å². The molecular weight excluding hydrogens is 338 g/mol.